The number of fused-ring (bicyclic) bond motifs is 1. The Labute approximate surface area is 170 Å². The van der Waals surface area contributed by atoms with E-state index in [4.69, 9.17) is 9.15 Å². The summed E-state index contributed by atoms with van der Waals surface area (Å²) >= 11 is 0. The number of carbonyl (C=O) groups is 2. The van der Waals surface area contributed by atoms with Crippen LogP contribution in [0.25, 0.3) is 0 Å². The van der Waals surface area contributed by atoms with E-state index in [9.17, 15) is 9.59 Å². The molecule has 1 fully saturated rings. The van der Waals surface area contributed by atoms with Crippen molar-refractivity contribution in [3.63, 3.8) is 0 Å². The number of furan rings is 1. The Morgan fingerprint density at radius 2 is 2.10 bits per heavy atom. The number of benzene rings is 1. The van der Waals surface area contributed by atoms with Crippen LogP contribution in [0.3, 0.4) is 0 Å². The normalized spacial score (nSPS) is 20.6. The van der Waals surface area contributed by atoms with E-state index in [2.05, 4.69) is 5.32 Å². The van der Waals surface area contributed by atoms with Gasteiger partial charge < -0.3 is 14.5 Å². The first-order chi connectivity index (χ1) is 13.9. The van der Waals surface area contributed by atoms with Crippen molar-refractivity contribution in [3.05, 3.63) is 48.4 Å². The van der Waals surface area contributed by atoms with Gasteiger partial charge in [0.15, 0.2) is 0 Å². The molecule has 2 aromatic rings. The van der Waals surface area contributed by atoms with Crippen molar-refractivity contribution in [1.82, 2.24) is 4.90 Å². The van der Waals surface area contributed by atoms with Crippen LogP contribution in [0.5, 0.6) is 0 Å². The summed E-state index contributed by atoms with van der Waals surface area (Å²) in [6, 6.07) is 11.2. The summed E-state index contributed by atoms with van der Waals surface area (Å²) in [6.07, 6.45) is 3.78. The fourth-order valence-electron chi connectivity index (χ4n) is 4.04. The first-order valence-corrected chi connectivity index (χ1v) is 10.0. The molecule has 3 heterocycles. The van der Waals surface area contributed by atoms with Gasteiger partial charge in [0.25, 0.3) is 0 Å². The van der Waals surface area contributed by atoms with Gasteiger partial charge in [-0.15, -0.1) is 0 Å². The fourth-order valence-corrected chi connectivity index (χ4v) is 4.04. The summed E-state index contributed by atoms with van der Waals surface area (Å²) in [4.78, 5) is 29.8. The zero-order chi connectivity index (χ0) is 20.4. The van der Waals surface area contributed by atoms with Gasteiger partial charge in [-0.2, -0.15) is 0 Å². The number of amides is 2. The molecule has 2 aliphatic rings. The van der Waals surface area contributed by atoms with E-state index < -0.39 is 5.54 Å². The van der Waals surface area contributed by atoms with Crippen LogP contribution in [0, 0.1) is 0 Å². The average molecular weight is 397 g/mol. The second-order valence-corrected chi connectivity index (χ2v) is 8.14. The number of nitrogens with zero attached hydrogens (tertiary/aromatic N) is 2. The lowest BCUT2D eigenvalue weighted by atomic mass is 9.96. The lowest BCUT2D eigenvalue weighted by Crippen LogP contribution is -2.60. The number of hydrogen-bond acceptors (Lipinski definition) is 5. The Bertz CT molecular complexity index is 872. The summed E-state index contributed by atoms with van der Waals surface area (Å²) in [6.45, 7) is 5.64. The summed E-state index contributed by atoms with van der Waals surface area (Å²) < 4.78 is 11.3. The predicted octanol–water partition coefficient (Wildman–Crippen LogP) is 3.02. The van der Waals surface area contributed by atoms with E-state index in [-0.39, 0.29) is 24.5 Å². The molecule has 0 aliphatic carbocycles. The summed E-state index contributed by atoms with van der Waals surface area (Å²) in [5.41, 5.74) is 0.394. The first-order valence-electron chi connectivity index (χ1n) is 10.0. The maximum Gasteiger partial charge on any atom is 0.250 e. The highest BCUT2D eigenvalue weighted by Gasteiger charge is 2.43. The van der Waals surface area contributed by atoms with E-state index in [1.165, 1.54) is 0 Å². The molecule has 0 radical (unpaired) electrons. The molecule has 1 aromatic heterocycles. The van der Waals surface area contributed by atoms with Crippen LogP contribution in [0.15, 0.2) is 47.1 Å². The Kier molecular flexibility index (Phi) is 5.43. The van der Waals surface area contributed by atoms with Crippen LogP contribution < -0.4 is 10.2 Å². The first kappa shape index (κ1) is 19.7. The van der Waals surface area contributed by atoms with Crippen LogP contribution in [0.2, 0.25) is 0 Å². The Morgan fingerprint density at radius 1 is 1.28 bits per heavy atom. The molecule has 7 nitrogen and oxygen atoms in total. The number of rotatable bonds is 6. The zero-order valence-corrected chi connectivity index (χ0v) is 16.9. The van der Waals surface area contributed by atoms with Gasteiger partial charge in [0, 0.05) is 13.2 Å². The van der Waals surface area contributed by atoms with Crippen molar-refractivity contribution >= 4 is 23.2 Å². The number of carbonyl (C=O) groups excluding carboxylic acids is 2. The van der Waals surface area contributed by atoms with Gasteiger partial charge in [0.05, 0.1) is 36.8 Å². The lowest BCUT2D eigenvalue weighted by Gasteiger charge is -2.42. The van der Waals surface area contributed by atoms with Gasteiger partial charge in [-0.05, 0) is 51.0 Å². The van der Waals surface area contributed by atoms with Gasteiger partial charge >= 0.3 is 0 Å². The van der Waals surface area contributed by atoms with E-state index in [1.54, 1.807) is 25.0 Å². The van der Waals surface area contributed by atoms with Gasteiger partial charge in [-0.1, -0.05) is 12.1 Å². The van der Waals surface area contributed by atoms with Crippen LogP contribution >= 0.6 is 0 Å². The second kappa shape index (κ2) is 8.00. The standard InChI is InChI=1S/C22H27N3O4/c1-22(2)21(27)23-18-9-3-4-10-19(18)25(22)20(26)15-24(13-16-7-5-11-28-16)14-17-8-6-12-29-17/h3-5,7,9-11,17H,6,8,12-15H2,1-2H3,(H,23,27). The topological polar surface area (TPSA) is 75.0 Å². The molecule has 1 unspecified atom stereocenters. The molecule has 1 saturated heterocycles. The third-order valence-electron chi connectivity index (χ3n) is 5.56. The minimum absolute atomic E-state index is 0.114. The second-order valence-electron chi connectivity index (χ2n) is 8.14. The van der Waals surface area contributed by atoms with Crippen molar-refractivity contribution in [1.29, 1.82) is 0 Å². The lowest BCUT2D eigenvalue weighted by molar-refractivity contribution is -0.127. The highest BCUT2D eigenvalue weighted by atomic mass is 16.5. The van der Waals surface area contributed by atoms with Crippen LogP contribution in [0.1, 0.15) is 32.4 Å². The molecule has 0 spiro atoms. The van der Waals surface area contributed by atoms with Crippen LogP contribution in [0.4, 0.5) is 11.4 Å². The van der Waals surface area contributed by atoms with Gasteiger partial charge in [-0.25, -0.2) is 0 Å². The quantitative estimate of drug-likeness (QED) is 0.811. The summed E-state index contributed by atoms with van der Waals surface area (Å²) in [5.74, 6) is 0.481. The monoisotopic (exact) mass is 397 g/mol. The van der Waals surface area contributed by atoms with E-state index in [0.717, 1.165) is 30.9 Å². The smallest absolute Gasteiger partial charge is 0.250 e. The van der Waals surface area contributed by atoms with E-state index in [1.807, 2.05) is 41.3 Å². The van der Waals surface area contributed by atoms with Crippen molar-refractivity contribution in [2.75, 3.05) is 29.9 Å². The largest absolute Gasteiger partial charge is 0.468 e. The van der Waals surface area contributed by atoms with Crippen molar-refractivity contribution < 1.29 is 18.7 Å². The molecule has 29 heavy (non-hydrogen) atoms. The minimum Gasteiger partial charge on any atom is -0.468 e. The highest BCUT2D eigenvalue weighted by molar-refractivity contribution is 6.14. The molecule has 1 atom stereocenters. The molecule has 154 valence electrons. The number of anilines is 2. The van der Waals surface area contributed by atoms with Gasteiger partial charge in [0.2, 0.25) is 11.8 Å². The average Bonchev–Trinajstić information content (AvgIpc) is 3.36. The molecule has 7 heteroatoms. The summed E-state index contributed by atoms with van der Waals surface area (Å²) in [7, 11) is 0. The fraction of sp³-hybridized carbons (Fsp3) is 0.455. The van der Waals surface area contributed by atoms with Crippen molar-refractivity contribution in [2.45, 2.75) is 44.9 Å². The molecule has 1 aromatic carbocycles. The third kappa shape index (κ3) is 4.06. The summed E-state index contributed by atoms with van der Waals surface area (Å²) in [5, 5.41) is 2.90. The van der Waals surface area contributed by atoms with Gasteiger partial charge in [0.1, 0.15) is 11.3 Å². The molecular weight excluding hydrogens is 370 g/mol. The Hall–Kier alpha value is -2.64. The number of nitrogens with one attached hydrogen (secondary N) is 1. The molecule has 1 N–H and O–H groups in total. The SMILES string of the molecule is CC1(C)C(=O)Nc2ccccc2N1C(=O)CN(Cc1ccco1)CC1CCCO1. The molecule has 4 rings (SSSR count). The number of ether oxygens (including phenoxy) is 1. The van der Waals surface area contributed by atoms with Crippen molar-refractivity contribution in [2.24, 2.45) is 0 Å². The minimum atomic E-state index is -0.981. The van der Waals surface area contributed by atoms with E-state index >= 15 is 0 Å². The Morgan fingerprint density at radius 3 is 2.83 bits per heavy atom. The number of para-hydroxylation sites is 2. The molecular formula is C22H27N3O4. The third-order valence-corrected chi connectivity index (χ3v) is 5.56. The van der Waals surface area contributed by atoms with Crippen LogP contribution in [-0.4, -0.2) is 48.1 Å². The molecule has 2 aliphatic heterocycles. The Balaban J connectivity index is 1.57. The van der Waals surface area contributed by atoms with Crippen LogP contribution in [-0.2, 0) is 20.9 Å². The maximum absolute atomic E-state index is 13.5. The molecule has 2 amide bonds. The van der Waals surface area contributed by atoms with Gasteiger partial charge in [-0.3, -0.25) is 19.4 Å². The van der Waals surface area contributed by atoms with E-state index in [0.29, 0.717) is 18.8 Å². The molecule has 0 saturated carbocycles. The van der Waals surface area contributed by atoms with Crippen molar-refractivity contribution in [3.8, 4) is 0 Å². The number of hydrogen-bond donors (Lipinski definition) is 1. The maximum atomic E-state index is 13.5. The zero-order valence-electron chi connectivity index (χ0n) is 16.9. The predicted molar refractivity (Wildman–Crippen MR) is 110 cm³/mol. The molecule has 0 bridgehead atoms. The highest BCUT2D eigenvalue weighted by Crippen LogP contribution is 2.36.